The number of rotatable bonds is 0. The molecule has 0 nitrogen and oxygen atoms in total. The van der Waals surface area contributed by atoms with Crippen molar-refractivity contribution in [1.82, 2.24) is 0 Å². The molecule has 40 heavy (non-hydrogen) atoms. The lowest BCUT2D eigenvalue weighted by Crippen LogP contribution is -2.17. The largest absolute Gasteiger partial charge is 0.0616 e. The zero-order valence-corrected chi connectivity index (χ0v) is 23.4. The fourth-order valence-electron chi connectivity index (χ4n) is 8.04. The lowest BCUT2D eigenvalue weighted by atomic mass is 9.79. The summed E-state index contributed by atoms with van der Waals surface area (Å²) in [6.45, 7) is 9.64. The number of hydrogen-bond donors (Lipinski definition) is 0. The fraction of sp³-hybridized carbons (Fsp3) is 0.150. The van der Waals surface area contributed by atoms with E-state index < -0.39 is 0 Å². The molecule has 7 aromatic carbocycles. The molecule has 0 aliphatic heterocycles. The molecule has 2 aliphatic carbocycles. The lowest BCUT2D eigenvalue weighted by molar-refractivity contribution is 0.653. The van der Waals surface area contributed by atoms with Crippen LogP contribution in [0.5, 0.6) is 0 Å². The Kier molecular flexibility index (Phi) is 4.03. The quantitative estimate of drug-likeness (QED) is 0.178. The Morgan fingerprint density at radius 2 is 0.675 bits per heavy atom. The summed E-state index contributed by atoms with van der Waals surface area (Å²) in [5, 5.41) is 10.7. The van der Waals surface area contributed by atoms with Crippen LogP contribution in [0.3, 0.4) is 0 Å². The van der Waals surface area contributed by atoms with Crippen LogP contribution in [0.25, 0.3) is 65.3 Å². The summed E-state index contributed by atoms with van der Waals surface area (Å²) in [5.74, 6) is 0. The van der Waals surface area contributed by atoms with Crippen molar-refractivity contribution >= 4 is 43.1 Å². The molecule has 0 heterocycles. The van der Waals surface area contributed by atoms with Crippen molar-refractivity contribution in [3.8, 4) is 22.3 Å². The predicted octanol–water partition coefficient (Wildman–Crippen LogP) is 10.9. The van der Waals surface area contributed by atoms with Crippen LogP contribution in [-0.2, 0) is 10.8 Å². The van der Waals surface area contributed by atoms with Crippen molar-refractivity contribution in [2.45, 2.75) is 38.5 Å². The van der Waals surface area contributed by atoms with Gasteiger partial charge >= 0.3 is 0 Å². The van der Waals surface area contributed by atoms with Gasteiger partial charge in [0, 0.05) is 10.8 Å². The van der Waals surface area contributed by atoms with E-state index in [1.54, 1.807) is 0 Å². The van der Waals surface area contributed by atoms with Crippen LogP contribution in [0.2, 0.25) is 0 Å². The highest BCUT2D eigenvalue weighted by Gasteiger charge is 2.42. The summed E-state index contributed by atoms with van der Waals surface area (Å²) in [4.78, 5) is 0. The number of fused-ring (bicyclic) bond motifs is 13. The third-order valence-electron chi connectivity index (χ3n) is 10.2. The van der Waals surface area contributed by atoms with Gasteiger partial charge in [0.1, 0.15) is 0 Å². The molecule has 0 fully saturated rings. The van der Waals surface area contributed by atoms with Gasteiger partial charge in [-0.05, 0) is 124 Å². The summed E-state index contributed by atoms with van der Waals surface area (Å²) < 4.78 is 0. The topological polar surface area (TPSA) is 0 Å². The van der Waals surface area contributed by atoms with E-state index in [-0.39, 0.29) is 10.8 Å². The molecule has 0 aromatic heterocycles. The SMILES string of the molecule is CC1(C)c2cc3c(cc2-c2cc4ccccc4cc21)C(C)(C)c1cc2c4ccccc4c4ccccc4c2cc1-3. The van der Waals surface area contributed by atoms with Crippen molar-refractivity contribution in [3.63, 3.8) is 0 Å². The molecule has 0 saturated carbocycles. The van der Waals surface area contributed by atoms with Gasteiger partial charge < -0.3 is 0 Å². The second-order valence-corrected chi connectivity index (χ2v) is 13.0. The van der Waals surface area contributed by atoms with Crippen LogP contribution in [-0.4, -0.2) is 0 Å². The van der Waals surface area contributed by atoms with Gasteiger partial charge in [0.15, 0.2) is 0 Å². The van der Waals surface area contributed by atoms with E-state index in [4.69, 9.17) is 0 Å². The molecule has 0 heteroatoms. The molecule has 0 atom stereocenters. The summed E-state index contributed by atoms with van der Waals surface area (Å²) in [7, 11) is 0. The smallest absolute Gasteiger partial charge is 0.0159 e. The number of hydrogen-bond acceptors (Lipinski definition) is 0. The van der Waals surface area contributed by atoms with Crippen LogP contribution in [0.4, 0.5) is 0 Å². The monoisotopic (exact) mass is 510 g/mol. The highest BCUT2D eigenvalue weighted by Crippen LogP contribution is 2.57. The second kappa shape index (κ2) is 7.20. The highest BCUT2D eigenvalue weighted by atomic mass is 14.4. The van der Waals surface area contributed by atoms with Crippen molar-refractivity contribution in [1.29, 1.82) is 0 Å². The van der Waals surface area contributed by atoms with Gasteiger partial charge in [-0.3, -0.25) is 0 Å². The molecule has 0 bridgehead atoms. The van der Waals surface area contributed by atoms with Crippen molar-refractivity contribution in [3.05, 3.63) is 131 Å². The molecule has 7 aromatic rings. The molecule has 0 unspecified atom stereocenters. The van der Waals surface area contributed by atoms with E-state index in [1.807, 2.05) is 0 Å². The van der Waals surface area contributed by atoms with E-state index in [9.17, 15) is 0 Å². The number of benzene rings is 7. The minimum atomic E-state index is -0.0790. The lowest BCUT2D eigenvalue weighted by Gasteiger charge is -2.24. The minimum Gasteiger partial charge on any atom is -0.0616 e. The maximum atomic E-state index is 2.54. The van der Waals surface area contributed by atoms with E-state index in [2.05, 4.69) is 137 Å². The normalized spacial score (nSPS) is 15.9. The Labute approximate surface area is 234 Å². The second-order valence-electron chi connectivity index (χ2n) is 13.0. The Bertz CT molecular complexity index is 2260. The van der Waals surface area contributed by atoms with E-state index >= 15 is 0 Å². The molecule has 0 radical (unpaired) electrons. The third kappa shape index (κ3) is 2.62. The van der Waals surface area contributed by atoms with E-state index in [0.29, 0.717) is 0 Å². The predicted molar refractivity (Wildman–Crippen MR) is 172 cm³/mol. The zero-order chi connectivity index (χ0) is 27.0. The Morgan fingerprint density at radius 1 is 0.325 bits per heavy atom. The van der Waals surface area contributed by atoms with Crippen LogP contribution in [0.1, 0.15) is 49.9 Å². The first-order valence-electron chi connectivity index (χ1n) is 14.4. The standard InChI is InChI=1S/C40H30/c1-39(2)35-18-24-12-6-5-11-23(24)17-31(35)33-21-38-34(22-37(33)39)32-19-29-27-15-9-7-13-25(27)26-14-8-10-16-28(26)30(29)20-36(32)40(38,3)4/h5-22H,1-4H3. The Morgan fingerprint density at radius 3 is 1.23 bits per heavy atom. The van der Waals surface area contributed by atoms with E-state index in [1.165, 1.54) is 87.6 Å². The molecule has 9 rings (SSSR count). The average molecular weight is 511 g/mol. The van der Waals surface area contributed by atoms with Gasteiger partial charge in [-0.15, -0.1) is 0 Å². The average Bonchev–Trinajstić information content (AvgIpc) is 3.33. The van der Waals surface area contributed by atoms with Crippen molar-refractivity contribution < 1.29 is 0 Å². The molecule has 0 amide bonds. The zero-order valence-electron chi connectivity index (χ0n) is 23.4. The maximum Gasteiger partial charge on any atom is 0.0159 e. The van der Waals surface area contributed by atoms with Gasteiger partial charge in [-0.25, -0.2) is 0 Å². The van der Waals surface area contributed by atoms with Gasteiger partial charge in [0.05, 0.1) is 0 Å². The van der Waals surface area contributed by atoms with Crippen LogP contribution >= 0.6 is 0 Å². The van der Waals surface area contributed by atoms with Crippen LogP contribution in [0, 0.1) is 0 Å². The first-order chi connectivity index (χ1) is 19.3. The summed E-state index contributed by atoms with van der Waals surface area (Å²) in [6, 6.07) is 41.6. The van der Waals surface area contributed by atoms with Crippen LogP contribution in [0.15, 0.2) is 109 Å². The molecular weight excluding hydrogens is 480 g/mol. The molecule has 190 valence electrons. The summed E-state index contributed by atoms with van der Waals surface area (Å²) >= 11 is 0. The van der Waals surface area contributed by atoms with Gasteiger partial charge in [-0.2, -0.15) is 0 Å². The summed E-state index contributed by atoms with van der Waals surface area (Å²) in [6.07, 6.45) is 0. The van der Waals surface area contributed by atoms with Gasteiger partial charge in [-0.1, -0.05) is 100 Å². The first-order valence-corrected chi connectivity index (χ1v) is 14.4. The Hall–Kier alpha value is -4.42. The molecule has 2 aliphatic rings. The molecule has 0 N–H and O–H groups in total. The van der Waals surface area contributed by atoms with Crippen molar-refractivity contribution in [2.75, 3.05) is 0 Å². The van der Waals surface area contributed by atoms with Gasteiger partial charge in [0.25, 0.3) is 0 Å². The molecule has 0 spiro atoms. The minimum absolute atomic E-state index is 0.0453. The van der Waals surface area contributed by atoms with Crippen molar-refractivity contribution in [2.24, 2.45) is 0 Å². The Balaban J connectivity index is 1.37. The fourth-order valence-corrected chi connectivity index (χ4v) is 8.04. The third-order valence-corrected chi connectivity index (χ3v) is 10.2. The summed E-state index contributed by atoms with van der Waals surface area (Å²) in [5.41, 5.74) is 11.3. The van der Waals surface area contributed by atoms with E-state index in [0.717, 1.165) is 0 Å². The first kappa shape index (κ1) is 22.4. The highest BCUT2D eigenvalue weighted by molar-refractivity contribution is 6.26. The maximum absolute atomic E-state index is 2.54. The van der Waals surface area contributed by atoms with Gasteiger partial charge in [0.2, 0.25) is 0 Å². The molecule has 0 saturated heterocycles. The van der Waals surface area contributed by atoms with Crippen LogP contribution < -0.4 is 0 Å². The molecular formula is C40H30.